The van der Waals surface area contributed by atoms with E-state index in [9.17, 15) is 4.79 Å². The maximum absolute atomic E-state index is 11.0. The average molecular weight is 179 g/mol. The molecule has 4 heteroatoms. The lowest BCUT2D eigenvalue weighted by atomic mass is 9.90. The summed E-state index contributed by atoms with van der Waals surface area (Å²) in [5, 5.41) is 0. The first kappa shape index (κ1) is 9.64. The fraction of sp³-hybridized carbons (Fsp3) is 0.444. The molecule has 0 saturated heterocycles. The van der Waals surface area contributed by atoms with Crippen molar-refractivity contribution in [1.82, 2.24) is 9.97 Å². The number of carbonyl (C=O) groups excluding carboxylic acids is 1. The van der Waals surface area contributed by atoms with Gasteiger partial charge in [-0.3, -0.25) is 9.78 Å². The van der Waals surface area contributed by atoms with E-state index < -0.39 is 5.91 Å². The van der Waals surface area contributed by atoms with Crippen molar-refractivity contribution in [3.05, 3.63) is 23.8 Å². The first-order valence-corrected chi connectivity index (χ1v) is 4.04. The Balaban J connectivity index is 3.28. The van der Waals surface area contributed by atoms with Crippen LogP contribution in [0.5, 0.6) is 0 Å². The van der Waals surface area contributed by atoms with Gasteiger partial charge in [-0.1, -0.05) is 20.8 Å². The molecule has 1 amide bonds. The van der Waals surface area contributed by atoms with E-state index in [1.54, 1.807) is 6.20 Å². The van der Waals surface area contributed by atoms with E-state index in [2.05, 4.69) is 9.97 Å². The van der Waals surface area contributed by atoms with Crippen LogP contribution in [0.4, 0.5) is 0 Å². The summed E-state index contributed by atoms with van der Waals surface area (Å²) in [6.45, 7) is 5.89. The molecule has 2 N–H and O–H groups in total. The van der Waals surface area contributed by atoms with Crippen LogP contribution in [0.2, 0.25) is 0 Å². The molecule has 0 unspecified atom stereocenters. The number of carbonyl (C=O) groups is 1. The molecule has 1 heterocycles. The van der Waals surface area contributed by atoms with E-state index in [0.29, 0.717) is 5.69 Å². The molecule has 1 aromatic heterocycles. The third-order valence-electron chi connectivity index (χ3n) is 1.64. The fourth-order valence-corrected chi connectivity index (χ4v) is 1.07. The molecule has 70 valence electrons. The van der Waals surface area contributed by atoms with Gasteiger partial charge in [0.25, 0.3) is 5.91 Å². The summed E-state index contributed by atoms with van der Waals surface area (Å²) >= 11 is 0. The van der Waals surface area contributed by atoms with Crippen molar-refractivity contribution in [3.8, 4) is 0 Å². The summed E-state index contributed by atoms with van der Waals surface area (Å²) in [6, 6.07) is 0. The highest BCUT2D eigenvalue weighted by Crippen LogP contribution is 2.21. The summed E-state index contributed by atoms with van der Waals surface area (Å²) in [4.78, 5) is 19.0. The molecule has 0 aliphatic heterocycles. The molecule has 0 bridgehead atoms. The number of hydrogen-bond donors (Lipinski definition) is 1. The third-order valence-corrected chi connectivity index (χ3v) is 1.64. The predicted octanol–water partition coefficient (Wildman–Crippen LogP) is 0.873. The Morgan fingerprint density at radius 3 is 2.23 bits per heavy atom. The van der Waals surface area contributed by atoms with E-state index >= 15 is 0 Å². The molecule has 4 nitrogen and oxygen atoms in total. The molecule has 1 rings (SSSR count). The van der Waals surface area contributed by atoms with Gasteiger partial charge in [0.1, 0.15) is 5.69 Å². The first-order chi connectivity index (χ1) is 5.93. The Bertz CT molecular complexity index is 328. The molecule has 0 aromatic carbocycles. The fourth-order valence-electron chi connectivity index (χ4n) is 1.07. The molecule has 0 aliphatic rings. The smallest absolute Gasteiger partial charge is 0.269 e. The normalized spacial score (nSPS) is 11.3. The maximum atomic E-state index is 11.0. The van der Waals surface area contributed by atoms with Gasteiger partial charge in [0.05, 0.1) is 5.69 Å². The summed E-state index contributed by atoms with van der Waals surface area (Å²) in [6.07, 6.45) is 3.03. The van der Waals surface area contributed by atoms with Crippen LogP contribution in [0.1, 0.15) is 37.0 Å². The van der Waals surface area contributed by atoms with Crippen molar-refractivity contribution >= 4 is 5.91 Å². The minimum atomic E-state index is -0.530. The molecule has 0 fully saturated rings. The minimum absolute atomic E-state index is 0.210. The molecule has 1 aromatic rings. The molecule has 0 radical (unpaired) electrons. The minimum Gasteiger partial charge on any atom is -0.364 e. The molecule has 0 spiro atoms. The second-order valence-electron chi connectivity index (χ2n) is 3.87. The summed E-state index contributed by atoms with van der Waals surface area (Å²) in [7, 11) is 0. The Morgan fingerprint density at radius 2 is 1.85 bits per heavy atom. The van der Waals surface area contributed by atoms with Crippen LogP contribution in [-0.4, -0.2) is 15.9 Å². The van der Waals surface area contributed by atoms with Crippen LogP contribution in [0.15, 0.2) is 12.4 Å². The predicted molar refractivity (Wildman–Crippen MR) is 49.2 cm³/mol. The Labute approximate surface area is 77.2 Å². The van der Waals surface area contributed by atoms with Crippen LogP contribution >= 0.6 is 0 Å². The summed E-state index contributed by atoms with van der Waals surface area (Å²) in [5.41, 5.74) is 5.86. The SMILES string of the molecule is CC(C)(C)c1nccnc1C(N)=O. The standard InChI is InChI=1S/C9H13N3O/c1-9(2,3)7-6(8(10)13)11-4-5-12-7/h4-5H,1-3H3,(H2,10,13). The lowest BCUT2D eigenvalue weighted by molar-refractivity contribution is 0.0992. The zero-order valence-electron chi connectivity index (χ0n) is 8.03. The highest BCUT2D eigenvalue weighted by Gasteiger charge is 2.22. The zero-order chi connectivity index (χ0) is 10.1. The highest BCUT2D eigenvalue weighted by molar-refractivity contribution is 5.92. The van der Waals surface area contributed by atoms with Crippen molar-refractivity contribution in [2.45, 2.75) is 26.2 Å². The number of primary amides is 1. The van der Waals surface area contributed by atoms with Gasteiger partial charge in [-0.25, -0.2) is 4.98 Å². The van der Waals surface area contributed by atoms with E-state index in [1.807, 2.05) is 20.8 Å². The van der Waals surface area contributed by atoms with E-state index in [1.165, 1.54) is 6.20 Å². The molecule has 0 saturated carbocycles. The average Bonchev–Trinajstić information content (AvgIpc) is 2.03. The van der Waals surface area contributed by atoms with Crippen LogP contribution in [0.3, 0.4) is 0 Å². The number of aromatic nitrogens is 2. The molecule has 0 aliphatic carbocycles. The Hall–Kier alpha value is -1.45. The van der Waals surface area contributed by atoms with Crippen LogP contribution in [0.25, 0.3) is 0 Å². The van der Waals surface area contributed by atoms with Crippen molar-refractivity contribution in [2.75, 3.05) is 0 Å². The van der Waals surface area contributed by atoms with Gasteiger partial charge in [-0.2, -0.15) is 0 Å². The Morgan fingerprint density at radius 1 is 1.31 bits per heavy atom. The lowest BCUT2D eigenvalue weighted by Crippen LogP contribution is -2.24. The van der Waals surface area contributed by atoms with Crippen LogP contribution < -0.4 is 5.73 Å². The van der Waals surface area contributed by atoms with Crippen molar-refractivity contribution in [2.24, 2.45) is 5.73 Å². The number of hydrogen-bond acceptors (Lipinski definition) is 3. The number of nitrogens with two attached hydrogens (primary N) is 1. The Kier molecular flexibility index (Phi) is 2.32. The summed E-state index contributed by atoms with van der Waals surface area (Å²) < 4.78 is 0. The zero-order valence-corrected chi connectivity index (χ0v) is 8.03. The van der Waals surface area contributed by atoms with Gasteiger partial charge in [0.15, 0.2) is 0 Å². The molecular weight excluding hydrogens is 166 g/mol. The highest BCUT2D eigenvalue weighted by atomic mass is 16.1. The number of rotatable bonds is 1. The van der Waals surface area contributed by atoms with Gasteiger partial charge in [0, 0.05) is 17.8 Å². The van der Waals surface area contributed by atoms with E-state index in [-0.39, 0.29) is 11.1 Å². The summed E-state index contributed by atoms with van der Waals surface area (Å²) in [5.74, 6) is -0.530. The van der Waals surface area contributed by atoms with Crippen LogP contribution in [0, 0.1) is 0 Å². The van der Waals surface area contributed by atoms with Crippen molar-refractivity contribution < 1.29 is 4.79 Å². The van der Waals surface area contributed by atoms with E-state index in [0.717, 1.165) is 0 Å². The molecule has 0 atom stereocenters. The van der Waals surface area contributed by atoms with Crippen LogP contribution in [-0.2, 0) is 5.41 Å². The molecule has 13 heavy (non-hydrogen) atoms. The van der Waals surface area contributed by atoms with Gasteiger partial charge in [-0.05, 0) is 0 Å². The largest absolute Gasteiger partial charge is 0.364 e. The molecular formula is C9H13N3O. The lowest BCUT2D eigenvalue weighted by Gasteiger charge is -2.18. The number of nitrogens with zero attached hydrogens (tertiary/aromatic N) is 2. The van der Waals surface area contributed by atoms with Crippen molar-refractivity contribution in [3.63, 3.8) is 0 Å². The number of amides is 1. The van der Waals surface area contributed by atoms with Gasteiger partial charge in [0.2, 0.25) is 0 Å². The second kappa shape index (κ2) is 3.12. The van der Waals surface area contributed by atoms with Gasteiger partial charge >= 0.3 is 0 Å². The first-order valence-electron chi connectivity index (χ1n) is 4.04. The van der Waals surface area contributed by atoms with Gasteiger partial charge in [-0.15, -0.1) is 0 Å². The van der Waals surface area contributed by atoms with Crippen molar-refractivity contribution in [1.29, 1.82) is 0 Å². The monoisotopic (exact) mass is 179 g/mol. The van der Waals surface area contributed by atoms with E-state index in [4.69, 9.17) is 5.73 Å². The maximum Gasteiger partial charge on any atom is 0.269 e. The third kappa shape index (κ3) is 2.02. The van der Waals surface area contributed by atoms with Gasteiger partial charge < -0.3 is 5.73 Å². The quantitative estimate of drug-likeness (QED) is 0.695. The topological polar surface area (TPSA) is 68.9 Å². The second-order valence-corrected chi connectivity index (χ2v) is 3.87.